The zero-order chi connectivity index (χ0) is 19.0. The minimum absolute atomic E-state index is 0.236. The van der Waals surface area contributed by atoms with Crippen LogP contribution in [0.15, 0.2) is 42.6 Å². The van der Waals surface area contributed by atoms with E-state index < -0.39 is 0 Å². The van der Waals surface area contributed by atoms with Crippen LogP contribution in [0.4, 0.5) is 0 Å². The number of nitriles is 1. The molecular weight excluding hydrogens is 338 g/mol. The molecule has 0 unspecified atom stereocenters. The first-order valence-electron chi connectivity index (χ1n) is 9.07. The van der Waals surface area contributed by atoms with Crippen molar-refractivity contribution in [3.8, 4) is 17.6 Å². The average Bonchev–Trinajstić information content (AvgIpc) is 3.11. The van der Waals surface area contributed by atoms with E-state index in [0.717, 1.165) is 29.5 Å². The summed E-state index contributed by atoms with van der Waals surface area (Å²) in [4.78, 5) is 5.53. The van der Waals surface area contributed by atoms with E-state index >= 15 is 0 Å². The molecular formula is C22H23N3O2. The van der Waals surface area contributed by atoms with Gasteiger partial charge in [-0.15, -0.1) is 0 Å². The van der Waals surface area contributed by atoms with Gasteiger partial charge in [0, 0.05) is 23.1 Å². The van der Waals surface area contributed by atoms with Gasteiger partial charge in [0.1, 0.15) is 6.04 Å². The maximum atomic E-state index is 9.84. The van der Waals surface area contributed by atoms with Gasteiger partial charge in [-0.25, -0.2) is 0 Å². The minimum Gasteiger partial charge on any atom is -0.493 e. The molecule has 0 bridgehead atoms. The molecule has 0 spiro atoms. The number of hydrogen-bond donors (Lipinski definition) is 1. The normalized spacial score (nSPS) is 19.5. The van der Waals surface area contributed by atoms with Gasteiger partial charge in [0.2, 0.25) is 0 Å². The first-order chi connectivity index (χ1) is 13.2. The number of hydrogen-bond acceptors (Lipinski definition) is 4. The van der Waals surface area contributed by atoms with E-state index in [0.29, 0.717) is 11.5 Å². The molecule has 138 valence electrons. The van der Waals surface area contributed by atoms with Crippen molar-refractivity contribution in [3.05, 3.63) is 59.3 Å². The van der Waals surface area contributed by atoms with Crippen molar-refractivity contribution in [2.45, 2.75) is 24.9 Å². The van der Waals surface area contributed by atoms with Gasteiger partial charge in [-0.3, -0.25) is 4.90 Å². The van der Waals surface area contributed by atoms with Crippen LogP contribution < -0.4 is 9.47 Å². The van der Waals surface area contributed by atoms with Gasteiger partial charge in [-0.1, -0.05) is 18.2 Å². The Morgan fingerprint density at radius 3 is 2.67 bits per heavy atom. The Kier molecular flexibility index (Phi) is 4.51. The summed E-state index contributed by atoms with van der Waals surface area (Å²) in [5.74, 6) is 1.38. The second-order valence-electron chi connectivity index (χ2n) is 7.02. The van der Waals surface area contributed by atoms with Crippen LogP contribution in [0.5, 0.6) is 11.5 Å². The second kappa shape index (κ2) is 6.98. The summed E-state index contributed by atoms with van der Waals surface area (Å²) in [6.45, 7) is 0. The predicted octanol–water partition coefficient (Wildman–Crippen LogP) is 3.85. The van der Waals surface area contributed by atoms with Gasteiger partial charge in [0.25, 0.3) is 0 Å². The van der Waals surface area contributed by atoms with E-state index in [9.17, 15) is 5.26 Å². The first kappa shape index (κ1) is 17.4. The van der Waals surface area contributed by atoms with Crippen LogP contribution in [0.2, 0.25) is 0 Å². The zero-order valence-electron chi connectivity index (χ0n) is 15.8. The van der Waals surface area contributed by atoms with Crippen molar-refractivity contribution in [2.75, 3.05) is 21.3 Å². The topological polar surface area (TPSA) is 61.3 Å². The number of nitrogens with zero attached hydrogens (tertiary/aromatic N) is 2. The molecule has 0 saturated carbocycles. The number of aromatic nitrogens is 1. The molecule has 4 rings (SSSR count). The summed E-state index contributed by atoms with van der Waals surface area (Å²) in [5.41, 5.74) is 4.59. The highest BCUT2D eigenvalue weighted by Crippen LogP contribution is 2.40. The lowest BCUT2D eigenvalue weighted by Crippen LogP contribution is -2.42. The van der Waals surface area contributed by atoms with Crippen molar-refractivity contribution in [2.24, 2.45) is 0 Å². The number of benzene rings is 2. The van der Waals surface area contributed by atoms with E-state index in [2.05, 4.69) is 40.3 Å². The van der Waals surface area contributed by atoms with E-state index in [1.807, 2.05) is 25.2 Å². The molecule has 2 heterocycles. The standard InChI is InChI=1S/C22H23N3O2/c1-25-16(9-15-13-24-19-7-5-4-6-17(15)19)8-14-10-21(26-2)22(27-3)11-18(14)20(25)12-23/h4-7,10-11,13,16,20,24H,8-9H2,1-3H3/t16-,20+/m0/s1. The lowest BCUT2D eigenvalue weighted by molar-refractivity contribution is 0.187. The predicted molar refractivity (Wildman–Crippen MR) is 105 cm³/mol. The Bertz CT molecular complexity index is 1020. The fourth-order valence-electron chi connectivity index (χ4n) is 4.13. The summed E-state index contributed by atoms with van der Waals surface area (Å²) >= 11 is 0. The number of likely N-dealkylation sites (N-methyl/N-ethyl adjacent to an activating group) is 1. The highest BCUT2D eigenvalue weighted by Gasteiger charge is 2.33. The van der Waals surface area contributed by atoms with Gasteiger partial charge in [0.15, 0.2) is 11.5 Å². The molecule has 3 aromatic rings. The maximum absolute atomic E-state index is 9.84. The Balaban J connectivity index is 1.71. The van der Waals surface area contributed by atoms with Crippen LogP contribution in [0.3, 0.4) is 0 Å². The number of fused-ring (bicyclic) bond motifs is 2. The third-order valence-corrected chi connectivity index (χ3v) is 5.63. The average molecular weight is 361 g/mol. The Hall–Kier alpha value is -2.97. The number of H-pyrrole nitrogens is 1. The number of ether oxygens (including phenoxy) is 2. The number of rotatable bonds is 4. The molecule has 1 aliphatic rings. The van der Waals surface area contributed by atoms with Crippen LogP contribution in [0.1, 0.15) is 22.7 Å². The summed E-state index contributed by atoms with van der Waals surface area (Å²) in [7, 11) is 5.30. The van der Waals surface area contributed by atoms with Gasteiger partial charge in [-0.2, -0.15) is 5.26 Å². The molecule has 2 atom stereocenters. The number of para-hydroxylation sites is 1. The van der Waals surface area contributed by atoms with Crippen molar-refractivity contribution < 1.29 is 9.47 Å². The fourth-order valence-corrected chi connectivity index (χ4v) is 4.13. The van der Waals surface area contributed by atoms with Crippen LogP contribution >= 0.6 is 0 Å². The molecule has 2 aromatic carbocycles. The number of nitrogens with one attached hydrogen (secondary N) is 1. The molecule has 0 fully saturated rings. The molecule has 0 radical (unpaired) electrons. The van der Waals surface area contributed by atoms with Crippen molar-refractivity contribution in [1.29, 1.82) is 5.26 Å². The van der Waals surface area contributed by atoms with E-state index in [4.69, 9.17) is 9.47 Å². The van der Waals surface area contributed by atoms with Gasteiger partial charge < -0.3 is 14.5 Å². The third-order valence-electron chi connectivity index (χ3n) is 5.63. The molecule has 1 aliphatic heterocycles. The third kappa shape index (κ3) is 2.92. The lowest BCUT2D eigenvalue weighted by Gasteiger charge is -2.38. The molecule has 1 N–H and O–H groups in total. The monoisotopic (exact) mass is 361 g/mol. The summed E-state index contributed by atoms with van der Waals surface area (Å²) < 4.78 is 10.9. The smallest absolute Gasteiger partial charge is 0.161 e. The molecule has 5 nitrogen and oxygen atoms in total. The molecule has 1 aromatic heterocycles. The molecule has 0 amide bonds. The maximum Gasteiger partial charge on any atom is 0.161 e. The van der Waals surface area contributed by atoms with E-state index in [-0.39, 0.29) is 12.1 Å². The van der Waals surface area contributed by atoms with Gasteiger partial charge >= 0.3 is 0 Å². The molecule has 27 heavy (non-hydrogen) atoms. The number of aromatic amines is 1. The van der Waals surface area contributed by atoms with Crippen LogP contribution in [-0.4, -0.2) is 37.2 Å². The Morgan fingerprint density at radius 1 is 1.19 bits per heavy atom. The van der Waals surface area contributed by atoms with Crippen LogP contribution in [0, 0.1) is 11.3 Å². The zero-order valence-corrected chi connectivity index (χ0v) is 15.8. The SMILES string of the molecule is COc1cc2c(cc1OC)[C@@H](C#N)N(C)[C@H](Cc1c[nH]c3ccccc13)C2. The summed E-state index contributed by atoms with van der Waals surface area (Å²) in [6.07, 6.45) is 3.83. The van der Waals surface area contributed by atoms with E-state index in [1.54, 1.807) is 14.2 Å². The van der Waals surface area contributed by atoms with Gasteiger partial charge in [-0.05, 0) is 54.8 Å². The second-order valence-corrected chi connectivity index (χ2v) is 7.02. The lowest BCUT2D eigenvalue weighted by atomic mass is 9.86. The van der Waals surface area contributed by atoms with E-state index in [1.165, 1.54) is 10.9 Å². The molecule has 0 saturated heterocycles. The quantitative estimate of drug-likeness (QED) is 0.767. The van der Waals surface area contributed by atoms with Gasteiger partial charge in [0.05, 0.1) is 20.3 Å². The Labute approximate surface area is 159 Å². The highest BCUT2D eigenvalue weighted by atomic mass is 16.5. The van der Waals surface area contributed by atoms with Crippen LogP contribution in [-0.2, 0) is 12.8 Å². The largest absolute Gasteiger partial charge is 0.493 e. The summed E-state index contributed by atoms with van der Waals surface area (Å²) in [6, 6.07) is 14.7. The molecule has 5 heteroatoms. The number of methoxy groups -OCH3 is 2. The van der Waals surface area contributed by atoms with Crippen molar-refractivity contribution in [1.82, 2.24) is 9.88 Å². The minimum atomic E-state index is -0.302. The first-order valence-corrected chi connectivity index (χ1v) is 9.07. The highest BCUT2D eigenvalue weighted by molar-refractivity contribution is 5.83. The Morgan fingerprint density at radius 2 is 1.93 bits per heavy atom. The van der Waals surface area contributed by atoms with Crippen molar-refractivity contribution >= 4 is 10.9 Å². The molecule has 0 aliphatic carbocycles. The fraction of sp³-hybridized carbons (Fsp3) is 0.318. The summed E-state index contributed by atoms with van der Waals surface area (Å²) in [5, 5.41) is 11.1. The van der Waals surface area contributed by atoms with Crippen LogP contribution in [0.25, 0.3) is 10.9 Å². The van der Waals surface area contributed by atoms with Crippen molar-refractivity contribution in [3.63, 3.8) is 0 Å².